The maximum absolute atomic E-state index is 11.2. The standard InChI is InChI=1S/C11H23NO3/c1-9(2)12-11(13)5-6-14-7-8-15-10(3)4/h9-10H,5-8H2,1-4H3,(H,12,13). The summed E-state index contributed by atoms with van der Waals surface area (Å²) >= 11 is 0. The summed E-state index contributed by atoms with van der Waals surface area (Å²) < 4.78 is 10.5. The molecule has 0 bridgehead atoms. The quantitative estimate of drug-likeness (QED) is 0.624. The van der Waals surface area contributed by atoms with Crippen molar-refractivity contribution in [3.8, 4) is 0 Å². The van der Waals surface area contributed by atoms with E-state index in [1.54, 1.807) is 0 Å². The highest BCUT2D eigenvalue weighted by atomic mass is 16.5. The molecule has 0 aliphatic rings. The molecule has 0 aliphatic heterocycles. The van der Waals surface area contributed by atoms with E-state index in [-0.39, 0.29) is 18.1 Å². The lowest BCUT2D eigenvalue weighted by Crippen LogP contribution is -2.30. The first-order chi connectivity index (χ1) is 7.02. The van der Waals surface area contributed by atoms with Crippen LogP contribution in [0.5, 0.6) is 0 Å². The first-order valence-corrected chi connectivity index (χ1v) is 5.51. The van der Waals surface area contributed by atoms with Gasteiger partial charge in [0.1, 0.15) is 0 Å². The lowest BCUT2D eigenvalue weighted by Gasteiger charge is -2.09. The smallest absolute Gasteiger partial charge is 0.222 e. The zero-order valence-electron chi connectivity index (χ0n) is 10.2. The molecule has 0 atom stereocenters. The Balaban J connectivity index is 3.20. The van der Waals surface area contributed by atoms with Crippen molar-refractivity contribution in [1.82, 2.24) is 5.32 Å². The van der Waals surface area contributed by atoms with Crippen LogP contribution in [-0.2, 0) is 14.3 Å². The predicted octanol–water partition coefficient (Wildman–Crippen LogP) is 1.34. The second-order valence-corrected chi connectivity index (χ2v) is 4.00. The summed E-state index contributed by atoms with van der Waals surface area (Å²) in [6.45, 7) is 9.44. The van der Waals surface area contributed by atoms with Crippen LogP contribution in [0.25, 0.3) is 0 Å². The first kappa shape index (κ1) is 14.4. The van der Waals surface area contributed by atoms with Crippen LogP contribution in [0.15, 0.2) is 0 Å². The van der Waals surface area contributed by atoms with Gasteiger partial charge in [-0.15, -0.1) is 0 Å². The molecule has 0 spiro atoms. The number of carbonyl (C=O) groups is 1. The van der Waals surface area contributed by atoms with Gasteiger partial charge in [0, 0.05) is 12.5 Å². The van der Waals surface area contributed by atoms with Gasteiger partial charge in [-0.1, -0.05) is 0 Å². The van der Waals surface area contributed by atoms with E-state index in [2.05, 4.69) is 5.32 Å². The molecule has 4 heteroatoms. The van der Waals surface area contributed by atoms with Crippen LogP contribution < -0.4 is 5.32 Å². The van der Waals surface area contributed by atoms with Crippen LogP contribution in [0.1, 0.15) is 34.1 Å². The van der Waals surface area contributed by atoms with E-state index < -0.39 is 0 Å². The van der Waals surface area contributed by atoms with Gasteiger partial charge in [0.05, 0.1) is 25.9 Å². The third kappa shape index (κ3) is 11.3. The van der Waals surface area contributed by atoms with Crippen molar-refractivity contribution in [3.63, 3.8) is 0 Å². The lowest BCUT2D eigenvalue weighted by molar-refractivity contribution is -0.122. The highest BCUT2D eigenvalue weighted by molar-refractivity contribution is 5.76. The minimum absolute atomic E-state index is 0.0368. The number of nitrogens with one attached hydrogen (secondary N) is 1. The maximum Gasteiger partial charge on any atom is 0.222 e. The van der Waals surface area contributed by atoms with Crippen molar-refractivity contribution in [2.75, 3.05) is 19.8 Å². The molecule has 1 N–H and O–H groups in total. The number of rotatable bonds is 8. The minimum Gasteiger partial charge on any atom is -0.379 e. The van der Waals surface area contributed by atoms with Gasteiger partial charge >= 0.3 is 0 Å². The van der Waals surface area contributed by atoms with E-state index in [1.807, 2.05) is 27.7 Å². The Morgan fingerprint density at radius 2 is 1.80 bits per heavy atom. The van der Waals surface area contributed by atoms with Gasteiger partial charge in [-0.3, -0.25) is 4.79 Å². The molecule has 4 nitrogen and oxygen atoms in total. The molecule has 0 rings (SSSR count). The van der Waals surface area contributed by atoms with E-state index in [4.69, 9.17) is 9.47 Å². The molecule has 0 saturated carbocycles. The fourth-order valence-corrected chi connectivity index (χ4v) is 1.00. The summed E-state index contributed by atoms with van der Waals surface area (Å²) in [5, 5.41) is 2.80. The van der Waals surface area contributed by atoms with Crippen molar-refractivity contribution in [1.29, 1.82) is 0 Å². The Kier molecular flexibility index (Phi) is 8.33. The molecule has 0 fully saturated rings. The summed E-state index contributed by atoms with van der Waals surface area (Å²) in [5.74, 6) is 0.0368. The molecule has 15 heavy (non-hydrogen) atoms. The molecule has 90 valence electrons. The zero-order chi connectivity index (χ0) is 11.7. The fourth-order valence-electron chi connectivity index (χ4n) is 1.00. The summed E-state index contributed by atoms with van der Waals surface area (Å²) in [4.78, 5) is 11.2. The van der Waals surface area contributed by atoms with Gasteiger partial charge < -0.3 is 14.8 Å². The Labute approximate surface area is 92.3 Å². The summed E-state index contributed by atoms with van der Waals surface area (Å²) in [5.41, 5.74) is 0. The van der Waals surface area contributed by atoms with E-state index in [1.165, 1.54) is 0 Å². The molecule has 0 saturated heterocycles. The van der Waals surface area contributed by atoms with Gasteiger partial charge in [-0.25, -0.2) is 0 Å². The van der Waals surface area contributed by atoms with Crippen LogP contribution >= 0.6 is 0 Å². The molecule has 0 aromatic heterocycles. The molecule has 1 amide bonds. The number of amides is 1. The number of ether oxygens (including phenoxy) is 2. The van der Waals surface area contributed by atoms with Crippen molar-refractivity contribution >= 4 is 5.91 Å². The highest BCUT2D eigenvalue weighted by Gasteiger charge is 2.02. The number of hydrogen-bond donors (Lipinski definition) is 1. The summed E-state index contributed by atoms with van der Waals surface area (Å²) in [6, 6.07) is 0.196. The number of carbonyl (C=O) groups excluding carboxylic acids is 1. The monoisotopic (exact) mass is 217 g/mol. The molecule has 0 unspecified atom stereocenters. The molecule has 0 aliphatic carbocycles. The zero-order valence-corrected chi connectivity index (χ0v) is 10.2. The Morgan fingerprint density at radius 3 is 2.33 bits per heavy atom. The fraction of sp³-hybridized carbons (Fsp3) is 0.909. The first-order valence-electron chi connectivity index (χ1n) is 5.51. The van der Waals surface area contributed by atoms with Gasteiger partial charge in [-0.05, 0) is 27.7 Å². The van der Waals surface area contributed by atoms with Gasteiger partial charge in [0.25, 0.3) is 0 Å². The highest BCUT2D eigenvalue weighted by Crippen LogP contribution is 1.89. The maximum atomic E-state index is 11.2. The van der Waals surface area contributed by atoms with Gasteiger partial charge in [-0.2, -0.15) is 0 Å². The average Bonchev–Trinajstić information content (AvgIpc) is 2.09. The van der Waals surface area contributed by atoms with Crippen molar-refractivity contribution < 1.29 is 14.3 Å². The molecule has 0 aromatic carbocycles. The second-order valence-electron chi connectivity index (χ2n) is 4.00. The Hall–Kier alpha value is -0.610. The second kappa shape index (κ2) is 8.68. The third-order valence-corrected chi connectivity index (χ3v) is 1.60. The molecular formula is C11H23NO3. The van der Waals surface area contributed by atoms with E-state index in [0.717, 1.165) is 0 Å². The SMILES string of the molecule is CC(C)NC(=O)CCOCCOC(C)C. The minimum atomic E-state index is 0.0368. The molecular weight excluding hydrogens is 194 g/mol. The van der Waals surface area contributed by atoms with Crippen LogP contribution in [-0.4, -0.2) is 37.9 Å². The predicted molar refractivity (Wildman–Crippen MR) is 59.8 cm³/mol. The van der Waals surface area contributed by atoms with E-state index in [9.17, 15) is 4.79 Å². The largest absolute Gasteiger partial charge is 0.379 e. The van der Waals surface area contributed by atoms with Crippen molar-refractivity contribution in [2.24, 2.45) is 0 Å². The van der Waals surface area contributed by atoms with Gasteiger partial charge in [0.15, 0.2) is 0 Å². The number of hydrogen-bond acceptors (Lipinski definition) is 3. The van der Waals surface area contributed by atoms with Crippen LogP contribution in [0.4, 0.5) is 0 Å². The normalized spacial score (nSPS) is 11.1. The molecule has 0 heterocycles. The summed E-state index contributed by atoms with van der Waals surface area (Å²) in [7, 11) is 0. The average molecular weight is 217 g/mol. The molecule has 0 radical (unpaired) electrons. The van der Waals surface area contributed by atoms with Gasteiger partial charge in [0.2, 0.25) is 5.91 Å². The Morgan fingerprint density at radius 1 is 1.13 bits per heavy atom. The van der Waals surface area contributed by atoms with Crippen LogP contribution in [0.2, 0.25) is 0 Å². The van der Waals surface area contributed by atoms with Crippen LogP contribution in [0.3, 0.4) is 0 Å². The van der Waals surface area contributed by atoms with Crippen molar-refractivity contribution in [2.45, 2.75) is 46.3 Å². The summed E-state index contributed by atoms with van der Waals surface area (Å²) in [6.07, 6.45) is 0.651. The molecule has 0 aromatic rings. The lowest BCUT2D eigenvalue weighted by atomic mass is 10.3. The van der Waals surface area contributed by atoms with E-state index in [0.29, 0.717) is 26.2 Å². The van der Waals surface area contributed by atoms with Crippen molar-refractivity contribution in [3.05, 3.63) is 0 Å². The topological polar surface area (TPSA) is 47.6 Å². The third-order valence-electron chi connectivity index (χ3n) is 1.60. The Bertz CT molecular complexity index is 169. The van der Waals surface area contributed by atoms with Crippen LogP contribution in [0, 0.1) is 0 Å². The van der Waals surface area contributed by atoms with E-state index >= 15 is 0 Å².